The van der Waals surface area contributed by atoms with Crippen molar-refractivity contribution in [2.24, 2.45) is 0 Å². The Morgan fingerprint density at radius 3 is 0.906 bits per heavy atom. The van der Waals surface area contributed by atoms with Gasteiger partial charge in [0.2, 0.25) is 0 Å². The standard InChI is InChI=1S/C60H40N4/c1-2-16-45(17-3-1)63-55-26-12-8-22-51(55)59(52-23-9-13-27-56(52)63)47-18-4-6-20-49(47)60(50-21-7-5-19-48(50)59)53-24-10-14-28-57(53)64(58-29-15-11-25-54(58)60)46-39-43(41-30-34-61-35-31-41)38-44(40-46)42-32-36-62-37-33-42/h1-40H. The molecule has 0 bridgehead atoms. The van der Waals surface area contributed by atoms with Gasteiger partial charge in [0.15, 0.2) is 0 Å². The van der Waals surface area contributed by atoms with Crippen molar-refractivity contribution in [3.05, 3.63) is 288 Å². The Bertz CT molecular complexity index is 3210. The van der Waals surface area contributed by atoms with Crippen molar-refractivity contribution in [1.82, 2.24) is 9.97 Å². The summed E-state index contributed by atoms with van der Waals surface area (Å²) in [6, 6.07) is 81.1. The third-order valence-corrected chi connectivity index (χ3v) is 13.9. The van der Waals surface area contributed by atoms with Gasteiger partial charge < -0.3 is 9.80 Å². The van der Waals surface area contributed by atoms with Crippen LogP contribution in [0.3, 0.4) is 0 Å². The van der Waals surface area contributed by atoms with Gasteiger partial charge in [-0.15, -0.1) is 0 Å². The van der Waals surface area contributed by atoms with Crippen molar-refractivity contribution in [1.29, 1.82) is 0 Å². The molecule has 4 heterocycles. The molecule has 2 spiro atoms. The summed E-state index contributed by atoms with van der Waals surface area (Å²) >= 11 is 0. The monoisotopic (exact) mass is 816 g/mol. The molecule has 0 N–H and O–H groups in total. The molecule has 2 aromatic heterocycles. The highest BCUT2D eigenvalue weighted by molar-refractivity contribution is 5.96. The maximum Gasteiger partial charge on any atom is 0.0748 e. The molecule has 0 amide bonds. The minimum absolute atomic E-state index is 0.629. The maximum atomic E-state index is 4.36. The van der Waals surface area contributed by atoms with Gasteiger partial charge >= 0.3 is 0 Å². The number of para-hydroxylation sites is 5. The minimum atomic E-state index is -0.667. The van der Waals surface area contributed by atoms with Gasteiger partial charge in [0.05, 0.1) is 33.6 Å². The van der Waals surface area contributed by atoms with E-state index in [2.05, 4.69) is 238 Å². The highest BCUT2D eigenvalue weighted by Crippen LogP contribution is 2.68. The molecule has 8 aromatic carbocycles. The molecular weight excluding hydrogens is 777 g/mol. The van der Waals surface area contributed by atoms with E-state index in [9.17, 15) is 0 Å². The second-order valence-corrected chi connectivity index (χ2v) is 16.9. The van der Waals surface area contributed by atoms with Gasteiger partial charge in [-0.05, 0) is 146 Å². The summed E-state index contributed by atoms with van der Waals surface area (Å²) in [5.74, 6) is 0. The van der Waals surface area contributed by atoms with Crippen LogP contribution >= 0.6 is 0 Å². The first-order valence-corrected chi connectivity index (χ1v) is 22.0. The van der Waals surface area contributed by atoms with E-state index in [4.69, 9.17) is 0 Å². The van der Waals surface area contributed by atoms with Gasteiger partial charge in [-0.25, -0.2) is 0 Å². The van der Waals surface area contributed by atoms with Crippen molar-refractivity contribution in [2.75, 3.05) is 9.80 Å². The summed E-state index contributed by atoms with van der Waals surface area (Å²) in [6.45, 7) is 0. The van der Waals surface area contributed by atoms with Crippen LogP contribution in [0.1, 0.15) is 44.5 Å². The fraction of sp³-hybridized carbons (Fsp3) is 0.0333. The van der Waals surface area contributed by atoms with E-state index >= 15 is 0 Å². The summed E-state index contributed by atoms with van der Waals surface area (Å²) in [5.41, 5.74) is 20.2. The lowest BCUT2D eigenvalue weighted by Gasteiger charge is -2.56. The van der Waals surface area contributed by atoms with Crippen molar-refractivity contribution < 1.29 is 0 Å². The first-order chi connectivity index (χ1) is 31.8. The van der Waals surface area contributed by atoms with E-state index in [1.54, 1.807) is 0 Å². The first kappa shape index (κ1) is 36.3. The predicted molar refractivity (Wildman–Crippen MR) is 260 cm³/mol. The number of nitrogens with zero attached hydrogens (tertiary/aromatic N) is 4. The molecular formula is C60H40N4. The molecule has 0 unspecified atom stereocenters. The minimum Gasteiger partial charge on any atom is -0.310 e. The topological polar surface area (TPSA) is 32.3 Å². The van der Waals surface area contributed by atoms with Crippen LogP contribution in [0.4, 0.5) is 34.1 Å². The quantitative estimate of drug-likeness (QED) is 0.177. The van der Waals surface area contributed by atoms with Gasteiger partial charge in [-0.1, -0.05) is 140 Å². The van der Waals surface area contributed by atoms with E-state index in [1.807, 2.05) is 24.8 Å². The Labute approximate surface area is 373 Å². The molecule has 0 saturated carbocycles. The van der Waals surface area contributed by atoms with Gasteiger partial charge in [0, 0.05) is 36.2 Å². The first-order valence-electron chi connectivity index (χ1n) is 22.0. The Morgan fingerprint density at radius 2 is 0.547 bits per heavy atom. The van der Waals surface area contributed by atoms with Crippen LogP contribution in [0, 0.1) is 0 Å². The van der Waals surface area contributed by atoms with Crippen molar-refractivity contribution in [2.45, 2.75) is 10.8 Å². The van der Waals surface area contributed by atoms with Crippen molar-refractivity contribution >= 4 is 34.1 Å². The van der Waals surface area contributed by atoms with Crippen molar-refractivity contribution in [3.63, 3.8) is 0 Å². The smallest absolute Gasteiger partial charge is 0.0748 e. The fourth-order valence-corrected chi connectivity index (χ4v) is 11.5. The SMILES string of the molecule is c1ccc(N2c3ccccc3C3(c4ccccc42)c2ccccc2C2(c4ccccc4N(c4cc(-c5ccncc5)cc(-c5ccncc5)c4)c4ccccc42)c2ccccc23)cc1. The molecule has 64 heavy (non-hydrogen) atoms. The third-order valence-electron chi connectivity index (χ3n) is 13.9. The van der Waals surface area contributed by atoms with E-state index in [0.717, 1.165) is 45.0 Å². The Hall–Kier alpha value is -8.34. The number of anilines is 6. The number of pyridine rings is 2. The summed E-state index contributed by atoms with van der Waals surface area (Å²) in [6.07, 6.45) is 7.49. The number of hydrogen-bond donors (Lipinski definition) is 0. The van der Waals surface area contributed by atoms with Crippen LogP contribution < -0.4 is 9.80 Å². The summed E-state index contributed by atoms with van der Waals surface area (Å²) < 4.78 is 0. The fourth-order valence-electron chi connectivity index (χ4n) is 11.5. The highest BCUT2D eigenvalue weighted by atomic mass is 15.2. The molecule has 1 aliphatic carbocycles. The van der Waals surface area contributed by atoms with Gasteiger partial charge in [0.1, 0.15) is 0 Å². The summed E-state index contributed by atoms with van der Waals surface area (Å²) in [4.78, 5) is 13.7. The molecule has 13 rings (SSSR count). The molecule has 0 atom stereocenters. The average Bonchev–Trinajstić information content (AvgIpc) is 3.38. The Kier molecular flexibility index (Phi) is 8.00. The zero-order valence-electron chi connectivity index (χ0n) is 34.9. The Balaban J connectivity index is 1.12. The zero-order valence-corrected chi connectivity index (χ0v) is 34.9. The van der Waals surface area contributed by atoms with Crippen LogP contribution in [-0.4, -0.2) is 9.97 Å². The molecule has 300 valence electrons. The van der Waals surface area contributed by atoms with E-state index in [-0.39, 0.29) is 0 Å². The molecule has 0 radical (unpaired) electrons. The molecule has 0 saturated heterocycles. The van der Waals surface area contributed by atoms with Crippen LogP contribution in [0.15, 0.2) is 243 Å². The van der Waals surface area contributed by atoms with Crippen LogP contribution in [0.5, 0.6) is 0 Å². The molecule has 2 aliphatic heterocycles. The lowest BCUT2D eigenvalue weighted by Crippen LogP contribution is -2.49. The van der Waals surface area contributed by atoms with Crippen LogP contribution in [-0.2, 0) is 10.8 Å². The van der Waals surface area contributed by atoms with Crippen molar-refractivity contribution in [3.8, 4) is 22.3 Å². The number of rotatable bonds is 4. The number of fused-ring (bicyclic) bond motifs is 14. The predicted octanol–water partition coefficient (Wildman–Crippen LogP) is 14.5. The number of aromatic nitrogens is 2. The lowest BCUT2D eigenvalue weighted by atomic mass is 9.49. The molecule has 0 fully saturated rings. The maximum absolute atomic E-state index is 4.36. The van der Waals surface area contributed by atoms with E-state index in [1.165, 1.54) is 55.9 Å². The third kappa shape index (κ3) is 4.93. The summed E-state index contributed by atoms with van der Waals surface area (Å²) in [7, 11) is 0. The second-order valence-electron chi connectivity index (χ2n) is 16.9. The molecule has 10 aromatic rings. The Morgan fingerprint density at radius 1 is 0.250 bits per heavy atom. The number of hydrogen-bond acceptors (Lipinski definition) is 4. The summed E-state index contributed by atoms with van der Waals surface area (Å²) in [5, 5.41) is 0. The van der Waals surface area contributed by atoms with Gasteiger partial charge in [0.25, 0.3) is 0 Å². The number of benzene rings is 8. The normalized spacial score (nSPS) is 14.4. The highest BCUT2D eigenvalue weighted by Gasteiger charge is 2.58. The van der Waals surface area contributed by atoms with Crippen LogP contribution in [0.2, 0.25) is 0 Å². The van der Waals surface area contributed by atoms with E-state index in [0.29, 0.717) is 0 Å². The van der Waals surface area contributed by atoms with Crippen LogP contribution in [0.25, 0.3) is 22.3 Å². The van der Waals surface area contributed by atoms with Gasteiger partial charge in [-0.2, -0.15) is 0 Å². The van der Waals surface area contributed by atoms with E-state index < -0.39 is 10.8 Å². The van der Waals surface area contributed by atoms with Gasteiger partial charge in [-0.3, -0.25) is 9.97 Å². The second kappa shape index (κ2) is 14.1. The average molecular weight is 817 g/mol. The zero-order chi connectivity index (χ0) is 42.2. The molecule has 4 heteroatoms. The largest absolute Gasteiger partial charge is 0.310 e. The molecule has 4 nitrogen and oxygen atoms in total. The lowest BCUT2D eigenvalue weighted by molar-refractivity contribution is 0.607. The molecule has 3 aliphatic rings.